The lowest BCUT2D eigenvalue weighted by atomic mass is 10.0. The molecule has 0 aromatic heterocycles. The highest BCUT2D eigenvalue weighted by atomic mass is 32.2. The van der Waals surface area contributed by atoms with Crippen molar-refractivity contribution in [2.75, 3.05) is 24.8 Å². The fraction of sp³-hybridized carbons (Fsp3) is 0.263. The Morgan fingerprint density at radius 2 is 1.64 bits per heavy atom. The monoisotopic (exact) mass is 404 g/mol. The number of rotatable bonds is 9. The van der Waals surface area contributed by atoms with Crippen molar-refractivity contribution in [1.82, 2.24) is 0 Å². The lowest BCUT2D eigenvalue weighted by Crippen LogP contribution is -2.15. The van der Waals surface area contributed by atoms with Crippen molar-refractivity contribution < 1.29 is 26.9 Å². The Morgan fingerprint density at radius 1 is 1.04 bits per heavy atom. The molecule has 0 atom stereocenters. The average molecular weight is 404 g/mol. The van der Waals surface area contributed by atoms with E-state index in [9.17, 15) is 18.0 Å². The Hall–Kier alpha value is -3.00. The van der Waals surface area contributed by atoms with Crippen LogP contribution in [0, 0.1) is 0 Å². The number of hydrogen-bond donors (Lipinski definition) is 1. The number of isocyanates is 1. The van der Waals surface area contributed by atoms with Gasteiger partial charge in [-0.1, -0.05) is 24.3 Å². The van der Waals surface area contributed by atoms with Crippen molar-refractivity contribution in [3.8, 4) is 0 Å². The maximum absolute atomic E-state index is 11.7. The van der Waals surface area contributed by atoms with Crippen molar-refractivity contribution in [1.29, 1.82) is 0 Å². The molecule has 0 fully saturated rings. The summed E-state index contributed by atoms with van der Waals surface area (Å²) in [7, 11) is -3.48. The van der Waals surface area contributed by atoms with E-state index in [1.165, 1.54) is 6.08 Å². The maximum Gasteiger partial charge on any atom is 0.411 e. The van der Waals surface area contributed by atoms with Gasteiger partial charge in [-0.3, -0.25) is 9.50 Å². The molecule has 0 saturated heterocycles. The third kappa shape index (κ3) is 8.13. The van der Waals surface area contributed by atoms with Gasteiger partial charge in [0, 0.05) is 12.1 Å². The first-order valence-electron chi connectivity index (χ1n) is 8.40. The summed E-state index contributed by atoms with van der Waals surface area (Å²) in [6, 6.07) is 14.5. The minimum absolute atomic E-state index is 0.0384. The van der Waals surface area contributed by atoms with Gasteiger partial charge in [-0.05, 0) is 41.8 Å². The van der Waals surface area contributed by atoms with E-state index in [2.05, 4.69) is 14.5 Å². The van der Waals surface area contributed by atoms with Crippen molar-refractivity contribution >= 4 is 33.7 Å². The van der Waals surface area contributed by atoms with E-state index in [0.717, 1.165) is 17.4 Å². The summed E-state index contributed by atoms with van der Waals surface area (Å²) in [4.78, 5) is 25.5. The van der Waals surface area contributed by atoms with Crippen molar-refractivity contribution in [3.05, 3.63) is 59.7 Å². The molecule has 0 unspecified atom stereocenters. The van der Waals surface area contributed by atoms with Gasteiger partial charge in [0.2, 0.25) is 6.08 Å². The van der Waals surface area contributed by atoms with Crippen molar-refractivity contribution in [3.63, 3.8) is 0 Å². The predicted octanol–water partition coefficient (Wildman–Crippen LogP) is 3.16. The minimum atomic E-state index is -3.48. The fourth-order valence-corrected chi connectivity index (χ4v) is 2.69. The van der Waals surface area contributed by atoms with E-state index in [4.69, 9.17) is 4.74 Å². The van der Waals surface area contributed by atoms with Crippen LogP contribution in [-0.4, -0.2) is 40.1 Å². The van der Waals surface area contributed by atoms with Crippen LogP contribution < -0.4 is 5.32 Å². The Balaban J connectivity index is 1.77. The first-order valence-corrected chi connectivity index (χ1v) is 10.2. The van der Waals surface area contributed by atoms with Gasteiger partial charge in [0.25, 0.3) is 10.1 Å². The molecule has 0 aliphatic carbocycles. The van der Waals surface area contributed by atoms with Crippen molar-refractivity contribution in [2.24, 2.45) is 4.99 Å². The van der Waals surface area contributed by atoms with Crippen LogP contribution >= 0.6 is 0 Å². The predicted molar refractivity (Wildman–Crippen MR) is 104 cm³/mol. The van der Waals surface area contributed by atoms with Crippen molar-refractivity contribution in [2.45, 2.75) is 12.8 Å². The smallest absolute Gasteiger partial charge is 0.411 e. The Labute approximate surface area is 163 Å². The van der Waals surface area contributed by atoms with Crippen LogP contribution in [-0.2, 0) is 30.3 Å². The molecule has 1 N–H and O–H groups in total. The summed E-state index contributed by atoms with van der Waals surface area (Å²) in [6.07, 6.45) is 2.80. The number of hydrogen-bond acceptors (Lipinski definition) is 7. The lowest BCUT2D eigenvalue weighted by Gasteiger charge is -2.08. The molecular weight excluding hydrogens is 384 g/mol. The minimum Gasteiger partial charge on any atom is -0.449 e. The summed E-state index contributed by atoms with van der Waals surface area (Å²) in [5.74, 6) is 0. The molecule has 0 radical (unpaired) electrons. The lowest BCUT2D eigenvalue weighted by molar-refractivity contribution is 0.153. The average Bonchev–Trinajstić information content (AvgIpc) is 2.64. The molecule has 8 nitrogen and oxygen atoms in total. The number of benzene rings is 2. The number of anilines is 1. The van der Waals surface area contributed by atoms with Gasteiger partial charge in [-0.15, -0.1) is 0 Å². The molecule has 0 spiro atoms. The fourth-order valence-electron chi connectivity index (χ4n) is 2.27. The highest BCUT2D eigenvalue weighted by Gasteiger charge is 2.05. The molecule has 0 aliphatic heterocycles. The summed E-state index contributed by atoms with van der Waals surface area (Å²) < 4.78 is 31.1. The molecule has 2 aromatic carbocycles. The molecule has 2 aromatic rings. The Morgan fingerprint density at radius 3 is 2.21 bits per heavy atom. The van der Waals surface area contributed by atoms with Gasteiger partial charge in [-0.2, -0.15) is 13.4 Å². The number of ether oxygens (including phenoxy) is 1. The van der Waals surface area contributed by atoms with Gasteiger partial charge >= 0.3 is 6.09 Å². The molecule has 148 valence electrons. The molecule has 2 rings (SSSR count). The van der Waals surface area contributed by atoms with E-state index in [-0.39, 0.29) is 19.6 Å². The quantitative estimate of drug-likeness (QED) is 0.297. The molecule has 0 bridgehead atoms. The highest BCUT2D eigenvalue weighted by molar-refractivity contribution is 7.85. The van der Waals surface area contributed by atoms with Crippen LogP contribution in [0.1, 0.15) is 17.5 Å². The third-order valence-electron chi connectivity index (χ3n) is 3.54. The zero-order chi connectivity index (χ0) is 20.4. The van der Waals surface area contributed by atoms with Crippen LogP contribution in [0.2, 0.25) is 0 Å². The first kappa shape index (κ1) is 21.3. The molecular formula is C19H20N2O6S. The molecule has 0 heterocycles. The van der Waals surface area contributed by atoms with E-state index in [1.807, 2.05) is 24.3 Å². The maximum atomic E-state index is 11.7. The van der Waals surface area contributed by atoms with Gasteiger partial charge in [-0.25, -0.2) is 9.59 Å². The Kier molecular flexibility index (Phi) is 7.88. The number of amides is 1. The SMILES string of the molecule is CS(=O)(=O)OCCCOC(=O)Nc1ccc(Cc2ccc(N=C=O)cc2)cc1. The number of carbonyl (C=O) groups is 1. The number of nitrogens with zero attached hydrogens (tertiary/aromatic N) is 1. The van der Waals surface area contributed by atoms with Gasteiger partial charge in [0.1, 0.15) is 0 Å². The molecule has 0 aliphatic rings. The highest BCUT2D eigenvalue weighted by Crippen LogP contribution is 2.17. The standard InChI is InChI=1S/C19H20N2O6S/c1-28(24,25)27-12-2-11-26-19(23)21-18-9-5-16(6-10-18)13-15-3-7-17(8-4-15)20-14-22/h3-10H,2,11-13H2,1H3,(H,21,23). The van der Waals surface area contributed by atoms with E-state index < -0.39 is 16.2 Å². The second-order valence-electron chi connectivity index (χ2n) is 5.88. The summed E-state index contributed by atoms with van der Waals surface area (Å²) in [6.45, 7) is 0.00681. The summed E-state index contributed by atoms with van der Waals surface area (Å²) in [5.41, 5.74) is 3.24. The van der Waals surface area contributed by atoms with E-state index >= 15 is 0 Å². The third-order valence-corrected chi connectivity index (χ3v) is 4.13. The largest absolute Gasteiger partial charge is 0.449 e. The van der Waals surface area contributed by atoms with Crippen LogP contribution in [0.4, 0.5) is 16.2 Å². The number of aliphatic imine (C=N–C) groups is 1. The van der Waals surface area contributed by atoms with Crippen LogP contribution in [0.25, 0.3) is 0 Å². The topological polar surface area (TPSA) is 111 Å². The van der Waals surface area contributed by atoms with E-state index in [0.29, 0.717) is 17.8 Å². The second-order valence-corrected chi connectivity index (χ2v) is 7.53. The zero-order valence-electron chi connectivity index (χ0n) is 15.3. The number of nitrogens with one attached hydrogen (secondary N) is 1. The molecule has 0 saturated carbocycles. The molecule has 1 amide bonds. The Bertz CT molecular complexity index is 933. The zero-order valence-corrected chi connectivity index (χ0v) is 16.1. The van der Waals surface area contributed by atoms with Gasteiger partial charge < -0.3 is 4.74 Å². The number of carbonyl (C=O) groups excluding carboxylic acids is 2. The normalized spacial score (nSPS) is 10.8. The summed E-state index contributed by atoms with van der Waals surface area (Å²) in [5, 5.41) is 2.59. The van der Waals surface area contributed by atoms with Gasteiger partial charge in [0.15, 0.2) is 0 Å². The van der Waals surface area contributed by atoms with Crippen LogP contribution in [0.5, 0.6) is 0 Å². The molecule has 9 heteroatoms. The van der Waals surface area contributed by atoms with Crippen LogP contribution in [0.3, 0.4) is 0 Å². The van der Waals surface area contributed by atoms with Crippen LogP contribution in [0.15, 0.2) is 53.5 Å². The van der Waals surface area contributed by atoms with E-state index in [1.54, 1.807) is 24.3 Å². The first-order chi connectivity index (χ1) is 13.4. The summed E-state index contributed by atoms with van der Waals surface area (Å²) >= 11 is 0. The van der Waals surface area contributed by atoms with Gasteiger partial charge in [0.05, 0.1) is 25.2 Å². The second kappa shape index (κ2) is 10.4. The molecule has 28 heavy (non-hydrogen) atoms.